The van der Waals surface area contributed by atoms with E-state index in [0.717, 1.165) is 43.5 Å². The van der Waals surface area contributed by atoms with Crippen LogP contribution in [0.5, 0.6) is 0 Å². The molecule has 3 aromatic rings. The zero-order valence-corrected chi connectivity index (χ0v) is 15.0. The van der Waals surface area contributed by atoms with Crippen LogP contribution in [0.15, 0.2) is 48.5 Å². The molecule has 0 aliphatic rings. The fourth-order valence-corrected chi connectivity index (χ4v) is 3.33. The first kappa shape index (κ1) is 16.9. The van der Waals surface area contributed by atoms with E-state index in [4.69, 9.17) is 12.2 Å². The van der Waals surface area contributed by atoms with Crippen molar-refractivity contribution in [1.29, 1.82) is 0 Å². The molecular formula is C20H25N3S. The number of hydrogen-bond donors (Lipinski definition) is 2. The van der Waals surface area contributed by atoms with Crippen LogP contribution in [0, 0.1) is 4.77 Å². The molecule has 126 valence electrons. The van der Waals surface area contributed by atoms with E-state index < -0.39 is 0 Å². The lowest BCUT2D eigenvalue weighted by Crippen LogP contribution is -2.29. The number of imidazole rings is 1. The monoisotopic (exact) mass is 339 g/mol. The number of aromatic nitrogens is 2. The van der Waals surface area contributed by atoms with Crippen LogP contribution in [0.2, 0.25) is 0 Å². The average molecular weight is 340 g/mol. The standard InChI is InChI=1S/C20H25N3S/c1-2-12-23(13-10-16-6-4-3-5-7-16)14-11-17-8-9-18-19(15-17)22-20(24)21-18/h3-9,15H,2,10-14H2,1H3,(H2,21,22,24). The molecule has 24 heavy (non-hydrogen) atoms. The van der Waals surface area contributed by atoms with Crippen LogP contribution in [0.4, 0.5) is 0 Å². The van der Waals surface area contributed by atoms with Gasteiger partial charge < -0.3 is 14.9 Å². The summed E-state index contributed by atoms with van der Waals surface area (Å²) in [6, 6.07) is 17.3. The molecule has 0 radical (unpaired) electrons. The third kappa shape index (κ3) is 4.56. The molecular weight excluding hydrogens is 314 g/mol. The third-order valence-electron chi connectivity index (χ3n) is 4.40. The molecule has 0 bridgehead atoms. The number of benzene rings is 2. The Hall–Kier alpha value is -1.91. The zero-order chi connectivity index (χ0) is 16.8. The van der Waals surface area contributed by atoms with E-state index in [1.807, 2.05) is 0 Å². The van der Waals surface area contributed by atoms with E-state index in [-0.39, 0.29) is 0 Å². The van der Waals surface area contributed by atoms with Crippen molar-refractivity contribution in [2.24, 2.45) is 0 Å². The molecule has 3 rings (SSSR count). The first-order valence-corrected chi connectivity index (χ1v) is 9.12. The highest BCUT2D eigenvalue weighted by atomic mass is 32.1. The minimum atomic E-state index is 0.692. The molecule has 0 fully saturated rings. The molecule has 0 aliphatic heterocycles. The quantitative estimate of drug-likeness (QED) is 0.582. The smallest absolute Gasteiger partial charge is 0.175 e. The minimum absolute atomic E-state index is 0.692. The maximum Gasteiger partial charge on any atom is 0.175 e. The number of H-pyrrole nitrogens is 2. The molecule has 2 aromatic carbocycles. The van der Waals surface area contributed by atoms with Gasteiger partial charge in [0.25, 0.3) is 0 Å². The fraction of sp³-hybridized carbons (Fsp3) is 0.350. The Bertz CT molecular complexity index is 820. The van der Waals surface area contributed by atoms with Crippen molar-refractivity contribution in [3.05, 3.63) is 64.4 Å². The van der Waals surface area contributed by atoms with E-state index in [1.165, 1.54) is 17.5 Å². The molecule has 0 aliphatic carbocycles. The summed E-state index contributed by atoms with van der Waals surface area (Å²) in [7, 11) is 0. The fourth-order valence-electron chi connectivity index (χ4n) is 3.11. The second-order valence-electron chi connectivity index (χ2n) is 6.29. The second kappa shape index (κ2) is 8.27. The molecule has 1 aromatic heterocycles. The lowest BCUT2D eigenvalue weighted by atomic mass is 10.1. The predicted octanol–water partition coefficient (Wildman–Crippen LogP) is 4.72. The van der Waals surface area contributed by atoms with Crippen LogP contribution in [0.1, 0.15) is 24.5 Å². The third-order valence-corrected chi connectivity index (χ3v) is 4.60. The van der Waals surface area contributed by atoms with E-state index in [2.05, 4.69) is 70.3 Å². The van der Waals surface area contributed by atoms with Gasteiger partial charge in [-0.1, -0.05) is 43.3 Å². The highest BCUT2D eigenvalue weighted by Gasteiger charge is 2.06. The Morgan fingerprint density at radius 1 is 0.833 bits per heavy atom. The van der Waals surface area contributed by atoms with Gasteiger partial charge in [-0.3, -0.25) is 0 Å². The first-order chi connectivity index (χ1) is 11.7. The van der Waals surface area contributed by atoms with Crippen molar-refractivity contribution >= 4 is 23.3 Å². The van der Waals surface area contributed by atoms with Crippen molar-refractivity contribution in [2.75, 3.05) is 19.6 Å². The van der Waals surface area contributed by atoms with Gasteiger partial charge in [0, 0.05) is 13.1 Å². The van der Waals surface area contributed by atoms with Crippen molar-refractivity contribution in [2.45, 2.75) is 26.2 Å². The average Bonchev–Trinajstić information content (AvgIpc) is 2.97. The Morgan fingerprint density at radius 3 is 2.29 bits per heavy atom. The van der Waals surface area contributed by atoms with Gasteiger partial charge in [0.1, 0.15) is 0 Å². The van der Waals surface area contributed by atoms with E-state index >= 15 is 0 Å². The predicted molar refractivity (Wildman–Crippen MR) is 104 cm³/mol. The summed E-state index contributed by atoms with van der Waals surface area (Å²) < 4.78 is 0.692. The maximum absolute atomic E-state index is 5.16. The van der Waals surface area contributed by atoms with Gasteiger partial charge in [-0.15, -0.1) is 0 Å². The highest BCUT2D eigenvalue weighted by molar-refractivity contribution is 7.71. The molecule has 3 nitrogen and oxygen atoms in total. The molecule has 0 saturated heterocycles. The minimum Gasteiger partial charge on any atom is -0.331 e. The molecule has 0 atom stereocenters. The lowest BCUT2D eigenvalue weighted by molar-refractivity contribution is 0.281. The summed E-state index contributed by atoms with van der Waals surface area (Å²) >= 11 is 5.16. The highest BCUT2D eigenvalue weighted by Crippen LogP contribution is 2.13. The largest absolute Gasteiger partial charge is 0.331 e. The number of hydrogen-bond acceptors (Lipinski definition) is 2. The Morgan fingerprint density at radius 2 is 1.54 bits per heavy atom. The van der Waals surface area contributed by atoms with Gasteiger partial charge in [0.15, 0.2) is 4.77 Å². The molecule has 0 saturated carbocycles. The zero-order valence-electron chi connectivity index (χ0n) is 14.2. The summed E-state index contributed by atoms with van der Waals surface area (Å²) in [5.74, 6) is 0. The molecule has 2 N–H and O–H groups in total. The van der Waals surface area contributed by atoms with Crippen molar-refractivity contribution < 1.29 is 0 Å². The van der Waals surface area contributed by atoms with E-state index in [9.17, 15) is 0 Å². The van der Waals surface area contributed by atoms with Crippen molar-refractivity contribution in [3.63, 3.8) is 0 Å². The number of rotatable bonds is 8. The van der Waals surface area contributed by atoms with Gasteiger partial charge >= 0.3 is 0 Å². The summed E-state index contributed by atoms with van der Waals surface area (Å²) in [5.41, 5.74) is 4.95. The molecule has 4 heteroatoms. The van der Waals surface area contributed by atoms with Gasteiger partial charge in [-0.2, -0.15) is 0 Å². The van der Waals surface area contributed by atoms with Crippen LogP contribution in [-0.2, 0) is 12.8 Å². The summed E-state index contributed by atoms with van der Waals surface area (Å²) in [5, 5.41) is 0. The number of aromatic amines is 2. The Balaban J connectivity index is 1.58. The van der Waals surface area contributed by atoms with Crippen molar-refractivity contribution in [3.8, 4) is 0 Å². The van der Waals surface area contributed by atoms with Crippen LogP contribution >= 0.6 is 12.2 Å². The Kier molecular flexibility index (Phi) is 5.83. The van der Waals surface area contributed by atoms with Gasteiger partial charge in [0.2, 0.25) is 0 Å². The molecule has 0 amide bonds. The topological polar surface area (TPSA) is 34.8 Å². The number of nitrogens with one attached hydrogen (secondary N) is 2. The van der Waals surface area contributed by atoms with Crippen LogP contribution in [0.3, 0.4) is 0 Å². The molecule has 0 spiro atoms. The Labute approximate surface area is 148 Å². The molecule has 0 unspecified atom stereocenters. The van der Waals surface area contributed by atoms with Gasteiger partial charge in [-0.05, 0) is 61.3 Å². The van der Waals surface area contributed by atoms with Crippen molar-refractivity contribution in [1.82, 2.24) is 14.9 Å². The van der Waals surface area contributed by atoms with E-state index in [0.29, 0.717) is 4.77 Å². The number of nitrogens with zero attached hydrogens (tertiary/aromatic N) is 1. The summed E-state index contributed by atoms with van der Waals surface area (Å²) in [6.07, 6.45) is 3.38. The van der Waals surface area contributed by atoms with Crippen LogP contribution < -0.4 is 0 Å². The van der Waals surface area contributed by atoms with E-state index in [1.54, 1.807) is 0 Å². The van der Waals surface area contributed by atoms with Crippen LogP contribution in [-0.4, -0.2) is 34.5 Å². The number of fused-ring (bicyclic) bond motifs is 1. The molecule has 1 heterocycles. The lowest BCUT2D eigenvalue weighted by Gasteiger charge is -2.21. The van der Waals surface area contributed by atoms with Gasteiger partial charge in [0.05, 0.1) is 11.0 Å². The summed E-state index contributed by atoms with van der Waals surface area (Å²) in [4.78, 5) is 8.93. The second-order valence-corrected chi connectivity index (χ2v) is 6.69. The van der Waals surface area contributed by atoms with Gasteiger partial charge in [-0.25, -0.2) is 0 Å². The van der Waals surface area contributed by atoms with Crippen LogP contribution in [0.25, 0.3) is 11.0 Å². The SMILES string of the molecule is CCCN(CCc1ccccc1)CCc1ccc2[nH]c(=S)[nH]c2c1. The normalized spacial score (nSPS) is 11.4. The maximum atomic E-state index is 5.16. The summed E-state index contributed by atoms with van der Waals surface area (Å²) in [6.45, 7) is 5.62. The first-order valence-electron chi connectivity index (χ1n) is 8.72.